The molecule has 0 spiro atoms. The first-order valence-electron chi connectivity index (χ1n) is 11.7. The van der Waals surface area contributed by atoms with Crippen LogP contribution in [-0.2, 0) is 10.0 Å². The second-order valence-electron chi connectivity index (χ2n) is 9.15. The Balaban J connectivity index is 1.52. The molecule has 0 fully saturated rings. The summed E-state index contributed by atoms with van der Waals surface area (Å²) in [5, 5.41) is 5.12. The van der Waals surface area contributed by atoms with E-state index in [1.54, 1.807) is 24.3 Å². The van der Waals surface area contributed by atoms with E-state index in [1.165, 1.54) is 41.2 Å². The van der Waals surface area contributed by atoms with Gasteiger partial charge in [-0.25, -0.2) is 22.1 Å². The van der Waals surface area contributed by atoms with Gasteiger partial charge >= 0.3 is 0 Å². The van der Waals surface area contributed by atoms with Gasteiger partial charge in [-0.05, 0) is 62.4 Å². The lowest BCUT2D eigenvalue weighted by Crippen LogP contribution is -2.19. The molecular weight excluding hydrogens is 559 g/mol. The molecule has 9 nitrogen and oxygen atoms in total. The van der Waals surface area contributed by atoms with Crippen LogP contribution in [0.15, 0.2) is 71.8 Å². The number of imidazole rings is 1. The molecule has 0 aliphatic heterocycles. The van der Waals surface area contributed by atoms with Crippen molar-refractivity contribution in [3.8, 4) is 5.69 Å². The number of nitrogen functional groups attached to an aromatic ring is 1. The molecule has 6 aromatic rings. The zero-order chi connectivity index (χ0) is 27.6. The van der Waals surface area contributed by atoms with E-state index in [0.717, 1.165) is 20.9 Å². The molecule has 0 amide bonds. The van der Waals surface area contributed by atoms with E-state index in [9.17, 15) is 13.2 Å². The van der Waals surface area contributed by atoms with E-state index in [-0.39, 0.29) is 37.5 Å². The Morgan fingerprint density at radius 1 is 0.974 bits per heavy atom. The minimum Gasteiger partial charge on any atom is -0.383 e. The van der Waals surface area contributed by atoms with Gasteiger partial charge in [-0.2, -0.15) is 5.10 Å². The van der Waals surface area contributed by atoms with Gasteiger partial charge in [0, 0.05) is 5.39 Å². The van der Waals surface area contributed by atoms with Gasteiger partial charge in [-0.15, -0.1) is 0 Å². The van der Waals surface area contributed by atoms with E-state index >= 15 is 0 Å². The van der Waals surface area contributed by atoms with E-state index in [4.69, 9.17) is 28.9 Å². The molecular formula is C27H20Cl2N6O3S. The second-order valence-corrected chi connectivity index (χ2v) is 11.7. The fourth-order valence-corrected chi connectivity index (χ4v) is 6.37. The van der Waals surface area contributed by atoms with Gasteiger partial charge in [0.15, 0.2) is 0 Å². The van der Waals surface area contributed by atoms with Gasteiger partial charge in [-0.1, -0.05) is 40.9 Å². The van der Waals surface area contributed by atoms with Crippen LogP contribution in [0.3, 0.4) is 0 Å². The molecule has 0 radical (unpaired) electrons. The minimum absolute atomic E-state index is 0.0111. The summed E-state index contributed by atoms with van der Waals surface area (Å²) < 4.78 is 30.2. The predicted octanol–water partition coefficient (Wildman–Crippen LogP) is 5.68. The largest absolute Gasteiger partial charge is 0.383 e. The summed E-state index contributed by atoms with van der Waals surface area (Å²) in [5.74, 6) is 0.177. The fraction of sp³-hybridized carbons (Fsp3) is 0.0741. The molecule has 3 heterocycles. The molecule has 0 aliphatic rings. The minimum atomic E-state index is -4.22. The highest BCUT2D eigenvalue weighted by Crippen LogP contribution is 2.34. The van der Waals surface area contributed by atoms with Crippen LogP contribution in [0.5, 0.6) is 0 Å². The maximum atomic E-state index is 13.9. The van der Waals surface area contributed by atoms with Crippen molar-refractivity contribution >= 4 is 66.8 Å². The Bertz CT molecular complexity index is 2060. The Kier molecular flexibility index (Phi) is 5.79. The average Bonchev–Trinajstić information content (AvgIpc) is 3.57. The number of aromatic amines is 1. The zero-order valence-electron chi connectivity index (χ0n) is 20.6. The number of carbonyl (C=O) groups is 1. The van der Waals surface area contributed by atoms with Gasteiger partial charge in [0.25, 0.3) is 10.0 Å². The number of hydrogen-bond donors (Lipinski definition) is 2. The number of rotatable bonds is 5. The van der Waals surface area contributed by atoms with E-state index in [1.807, 2.05) is 19.9 Å². The monoisotopic (exact) mass is 578 g/mol. The highest BCUT2D eigenvalue weighted by molar-refractivity contribution is 7.90. The Labute approximate surface area is 232 Å². The van der Waals surface area contributed by atoms with E-state index < -0.39 is 15.8 Å². The highest BCUT2D eigenvalue weighted by atomic mass is 35.5. The van der Waals surface area contributed by atoms with Crippen molar-refractivity contribution in [2.75, 3.05) is 5.73 Å². The lowest BCUT2D eigenvalue weighted by atomic mass is 10.1. The highest BCUT2D eigenvalue weighted by Gasteiger charge is 2.29. The van der Waals surface area contributed by atoms with Crippen molar-refractivity contribution in [2.24, 2.45) is 0 Å². The molecule has 0 aliphatic carbocycles. The molecule has 196 valence electrons. The fourth-order valence-electron chi connectivity index (χ4n) is 4.54. The predicted molar refractivity (Wildman–Crippen MR) is 152 cm³/mol. The summed E-state index contributed by atoms with van der Waals surface area (Å²) in [7, 11) is -4.22. The van der Waals surface area contributed by atoms with Crippen molar-refractivity contribution < 1.29 is 13.2 Å². The number of aryl methyl sites for hydroxylation is 2. The maximum Gasteiger partial charge on any atom is 0.268 e. The number of nitrogens with one attached hydrogen (secondary N) is 1. The zero-order valence-corrected chi connectivity index (χ0v) is 22.9. The third-order valence-corrected chi connectivity index (χ3v) is 8.94. The van der Waals surface area contributed by atoms with Gasteiger partial charge < -0.3 is 10.7 Å². The molecule has 3 N–H and O–H groups in total. The summed E-state index contributed by atoms with van der Waals surface area (Å²) in [6, 6.07) is 16.2. The Morgan fingerprint density at radius 3 is 2.44 bits per heavy atom. The van der Waals surface area contributed by atoms with Crippen LogP contribution in [0, 0.1) is 13.8 Å². The van der Waals surface area contributed by atoms with Crippen molar-refractivity contribution in [1.29, 1.82) is 0 Å². The number of halogens is 2. The first kappa shape index (κ1) is 25.2. The van der Waals surface area contributed by atoms with Crippen molar-refractivity contribution in [3.05, 3.63) is 99.6 Å². The maximum absolute atomic E-state index is 13.9. The number of fused-ring (bicyclic) bond motifs is 2. The van der Waals surface area contributed by atoms with Crippen LogP contribution in [0.4, 0.5) is 5.82 Å². The average molecular weight is 579 g/mol. The van der Waals surface area contributed by atoms with Crippen LogP contribution in [0.25, 0.3) is 27.6 Å². The third kappa shape index (κ3) is 4.08. The van der Waals surface area contributed by atoms with E-state index in [2.05, 4.69) is 15.1 Å². The lowest BCUT2D eigenvalue weighted by Gasteiger charge is -2.12. The summed E-state index contributed by atoms with van der Waals surface area (Å²) in [5.41, 5.74) is 9.56. The number of carbonyl (C=O) groups excluding carboxylic acids is 1. The van der Waals surface area contributed by atoms with Crippen molar-refractivity contribution in [1.82, 2.24) is 23.7 Å². The molecule has 3 aromatic heterocycles. The normalized spacial score (nSPS) is 12.0. The van der Waals surface area contributed by atoms with Crippen molar-refractivity contribution in [3.63, 3.8) is 0 Å². The summed E-state index contributed by atoms with van der Waals surface area (Å²) in [6.45, 7) is 3.70. The van der Waals surface area contributed by atoms with Crippen LogP contribution in [-0.4, -0.2) is 37.9 Å². The molecule has 6 rings (SSSR count). The van der Waals surface area contributed by atoms with Crippen LogP contribution >= 0.6 is 23.2 Å². The number of aromatic nitrogens is 5. The Hall–Kier alpha value is -4.12. The number of ketones is 1. The first-order valence-corrected chi connectivity index (χ1v) is 13.9. The smallest absolute Gasteiger partial charge is 0.268 e. The molecule has 3 aromatic carbocycles. The molecule has 0 unspecified atom stereocenters. The SMILES string of the molecule is Cc1ccc(S(=O)(=O)n2c(C(=O)c3cnn(-c4ccc5[nH]c(C)nc5c4)c3N)cc3cc(Cl)c(Cl)cc32)cc1. The van der Waals surface area contributed by atoms with Gasteiger partial charge in [-0.3, -0.25) is 4.79 Å². The van der Waals surface area contributed by atoms with Crippen LogP contribution in [0.2, 0.25) is 10.0 Å². The van der Waals surface area contributed by atoms with Gasteiger partial charge in [0.1, 0.15) is 17.3 Å². The summed E-state index contributed by atoms with van der Waals surface area (Å²) in [4.78, 5) is 21.5. The number of benzene rings is 3. The Morgan fingerprint density at radius 2 is 1.69 bits per heavy atom. The number of nitrogens with two attached hydrogens (primary N) is 1. The topological polar surface area (TPSA) is 129 Å². The number of hydrogen-bond acceptors (Lipinski definition) is 6. The number of H-pyrrole nitrogens is 1. The summed E-state index contributed by atoms with van der Waals surface area (Å²) >= 11 is 12.5. The number of anilines is 1. The lowest BCUT2D eigenvalue weighted by molar-refractivity contribution is 0.103. The third-order valence-electron chi connectivity index (χ3n) is 6.47. The number of nitrogens with zero attached hydrogens (tertiary/aromatic N) is 4. The standard InChI is InChI=1S/C27H20Cl2N6O3S/c1-14-3-6-18(7-4-14)39(37,38)35-24-12-21(29)20(28)9-16(24)10-25(35)26(36)19-13-31-34(27(19)30)17-5-8-22-23(11-17)33-15(2)32-22/h3-13H,30H2,1-2H3,(H,32,33). The van der Waals surface area contributed by atoms with Crippen LogP contribution in [0.1, 0.15) is 27.4 Å². The molecule has 39 heavy (non-hydrogen) atoms. The molecule has 0 saturated carbocycles. The molecule has 12 heteroatoms. The van der Waals surface area contributed by atoms with Gasteiger partial charge in [0.05, 0.1) is 48.9 Å². The second kappa shape index (κ2) is 8.98. The van der Waals surface area contributed by atoms with Crippen molar-refractivity contribution in [2.45, 2.75) is 18.7 Å². The quantitative estimate of drug-likeness (QED) is 0.253. The van der Waals surface area contributed by atoms with Gasteiger partial charge in [0.2, 0.25) is 5.78 Å². The molecule has 0 bridgehead atoms. The first-order chi connectivity index (χ1) is 18.5. The van der Waals surface area contributed by atoms with Crippen LogP contribution < -0.4 is 5.73 Å². The van der Waals surface area contributed by atoms with E-state index in [0.29, 0.717) is 16.6 Å². The molecule has 0 atom stereocenters. The summed E-state index contributed by atoms with van der Waals surface area (Å²) in [6.07, 6.45) is 1.32. The molecule has 0 saturated heterocycles.